The van der Waals surface area contributed by atoms with E-state index in [1.807, 2.05) is 34.9 Å². The number of hydrogen-bond acceptors (Lipinski definition) is 3. The lowest BCUT2D eigenvalue weighted by Crippen LogP contribution is -2.45. The van der Waals surface area contributed by atoms with Gasteiger partial charge in [0.05, 0.1) is 0 Å². The zero-order valence-corrected chi connectivity index (χ0v) is 16.6. The van der Waals surface area contributed by atoms with Crippen LogP contribution in [-0.4, -0.2) is 36.5 Å². The van der Waals surface area contributed by atoms with Crippen LogP contribution in [0.5, 0.6) is 0 Å². The number of hydrogen-bond donors (Lipinski definition) is 1. The van der Waals surface area contributed by atoms with Crippen LogP contribution in [0.25, 0.3) is 0 Å². The van der Waals surface area contributed by atoms with E-state index < -0.39 is 0 Å². The van der Waals surface area contributed by atoms with Crippen LogP contribution in [0, 0.1) is 5.92 Å². The van der Waals surface area contributed by atoms with Gasteiger partial charge in [-0.05, 0) is 68.0 Å². The molecule has 1 heterocycles. The number of nitrogens with one attached hydrogen (secondary N) is 1. The highest BCUT2D eigenvalue weighted by Crippen LogP contribution is 2.28. The largest absolute Gasteiger partial charge is 0.339 e. The van der Waals surface area contributed by atoms with E-state index in [2.05, 4.69) is 41.7 Å². The third-order valence-corrected chi connectivity index (χ3v) is 6.61. The summed E-state index contributed by atoms with van der Waals surface area (Å²) in [6.45, 7) is 2.90. The van der Waals surface area contributed by atoms with Gasteiger partial charge in [0.1, 0.15) is 0 Å². The Labute approximate surface area is 166 Å². The molecule has 2 fully saturated rings. The van der Waals surface area contributed by atoms with Gasteiger partial charge in [-0.1, -0.05) is 30.3 Å². The van der Waals surface area contributed by atoms with E-state index in [1.54, 1.807) is 0 Å². The van der Waals surface area contributed by atoms with Crippen molar-refractivity contribution in [1.82, 2.24) is 10.2 Å². The maximum atomic E-state index is 12.8. The molecule has 0 bridgehead atoms. The van der Waals surface area contributed by atoms with Gasteiger partial charge in [0, 0.05) is 35.3 Å². The number of likely N-dealkylation sites (tertiary alicyclic amines) is 1. The molecule has 4 heteroatoms. The molecule has 1 saturated carbocycles. The Morgan fingerprint density at radius 1 is 0.963 bits per heavy atom. The summed E-state index contributed by atoms with van der Waals surface area (Å²) in [5.74, 6) is 2.05. The van der Waals surface area contributed by atoms with Gasteiger partial charge in [-0.3, -0.25) is 4.79 Å². The van der Waals surface area contributed by atoms with Crippen LogP contribution in [0.3, 0.4) is 0 Å². The monoisotopic (exact) mass is 380 g/mol. The van der Waals surface area contributed by atoms with Crippen molar-refractivity contribution in [3.05, 3.63) is 65.7 Å². The van der Waals surface area contributed by atoms with Gasteiger partial charge in [0.25, 0.3) is 5.91 Å². The fourth-order valence-corrected chi connectivity index (χ4v) is 4.41. The summed E-state index contributed by atoms with van der Waals surface area (Å²) in [7, 11) is 0. The SMILES string of the molecule is O=C(c1ccc(SCc2ccccc2)cc1)N1CCC(NCC2CC2)CC1. The lowest BCUT2D eigenvalue weighted by molar-refractivity contribution is 0.0705. The predicted molar refractivity (Wildman–Crippen MR) is 112 cm³/mol. The molecule has 0 spiro atoms. The molecule has 2 aromatic carbocycles. The summed E-state index contributed by atoms with van der Waals surface area (Å²) >= 11 is 1.81. The molecule has 3 nitrogen and oxygen atoms in total. The molecule has 2 aliphatic rings. The van der Waals surface area contributed by atoms with Crippen LogP contribution in [-0.2, 0) is 5.75 Å². The van der Waals surface area contributed by atoms with Gasteiger partial charge < -0.3 is 10.2 Å². The quantitative estimate of drug-likeness (QED) is 0.714. The summed E-state index contributed by atoms with van der Waals surface area (Å²) in [5.41, 5.74) is 2.13. The number of benzene rings is 2. The fourth-order valence-electron chi connectivity index (χ4n) is 3.56. The highest BCUT2D eigenvalue weighted by molar-refractivity contribution is 7.98. The van der Waals surface area contributed by atoms with E-state index in [-0.39, 0.29) is 5.91 Å². The molecule has 1 amide bonds. The molecule has 27 heavy (non-hydrogen) atoms. The van der Waals surface area contributed by atoms with Crippen LogP contribution in [0.2, 0.25) is 0 Å². The second kappa shape index (κ2) is 8.94. The van der Waals surface area contributed by atoms with Gasteiger partial charge in [0.15, 0.2) is 0 Å². The number of thioether (sulfide) groups is 1. The first-order valence-corrected chi connectivity index (χ1v) is 11.1. The zero-order valence-electron chi connectivity index (χ0n) is 15.8. The average molecular weight is 381 g/mol. The van der Waals surface area contributed by atoms with Crippen molar-refractivity contribution in [3.8, 4) is 0 Å². The molecule has 1 aliphatic heterocycles. The Morgan fingerprint density at radius 2 is 1.67 bits per heavy atom. The standard InChI is InChI=1S/C23H28N2OS/c26-23(25-14-12-21(13-15-25)24-16-18-6-7-18)20-8-10-22(11-9-20)27-17-19-4-2-1-3-5-19/h1-5,8-11,18,21,24H,6-7,12-17H2. The molecule has 4 rings (SSSR count). The molecule has 0 unspecified atom stereocenters. The number of piperidine rings is 1. The highest BCUT2D eigenvalue weighted by Gasteiger charge is 2.26. The first kappa shape index (κ1) is 18.6. The van der Waals surface area contributed by atoms with E-state index in [0.717, 1.165) is 43.2 Å². The minimum Gasteiger partial charge on any atom is -0.339 e. The number of carbonyl (C=O) groups is 1. The molecule has 2 aromatic rings. The number of carbonyl (C=O) groups excluding carboxylic acids is 1. The third kappa shape index (κ3) is 5.36. The first-order chi connectivity index (χ1) is 13.3. The lowest BCUT2D eigenvalue weighted by Gasteiger charge is -2.32. The number of nitrogens with zero attached hydrogens (tertiary/aromatic N) is 1. The second-order valence-corrected chi connectivity index (χ2v) is 8.77. The minimum absolute atomic E-state index is 0.176. The summed E-state index contributed by atoms with van der Waals surface area (Å²) < 4.78 is 0. The van der Waals surface area contributed by atoms with E-state index in [9.17, 15) is 4.79 Å². The van der Waals surface area contributed by atoms with Crippen molar-refractivity contribution < 1.29 is 4.79 Å². The van der Waals surface area contributed by atoms with Gasteiger partial charge in [0.2, 0.25) is 0 Å². The zero-order chi connectivity index (χ0) is 18.5. The summed E-state index contributed by atoms with van der Waals surface area (Å²) in [6, 6.07) is 19.2. The predicted octanol–water partition coefficient (Wildman–Crippen LogP) is 4.58. The minimum atomic E-state index is 0.176. The molecule has 1 N–H and O–H groups in total. The van der Waals surface area contributed by atoms with Crippen molar-refractivity contribution >= 4 is 17.7 Å². The molecule has 0 aromatic heterocycles. The Kier molecular flexibility index (Phi) is 6.15. The molecule has 0 atom stereocenters. The Bertz CT molecular complexity index is 735. The van der Waals surface area contributed by atoms with Crippen LogP contribution >= 0.6 is 11.8 Å². The molecule has 1 aliphatic carbocycles. The van der Waals surface area contributed by atoms with E-state index in [4.69, 9.17) is 0 Å². The van der Waals surface area contributed by atoms with Crippen LogP contribution < -0.4 is 5.32 Å². The van der Waals surface area contributed by atoms with Crippen LogP contribution in [0.1, 0.15) is 41.6 Å². The highest BCUT2D eigenvalue weighted by atomic mass is 32.2. The van der Waals surface area contributed by atoms with E-state index >= 15 is 0 Å². The molecule has 142 valence electrons. The lowest BCUT2D eigenvalue weighted by atomic mass is 10.0. The second-order valence-electron chi connectivity index (χ2n) is 7.72. The van der Waals surface area contributed by atoms with E-state index in [0.29, 0.717) is 6.04 Å². The summed E-state index contributed by atoms with van der Waals surface area (Å²) in [4.78, 5) is 16.0. The van der Waals surface area contributed by atoms with Gasteiger partial charge in [-0.2, -0.15) is 0 Å². The smallest absolute Gasteiger partial charge is 0.253 e. The summed E-state index contributed by atoms with van der Waals surface area (Å²) in [6.07, 6.45) is 4.93. The molecular formula is C23H28N2OS. The Balaban J connectivity index is 1.25. The maximum Gasteiger partial charge on any atom is 0.253 e. The molecule has 0 radical (unpaired) electrons. The number of rotatable bonds is 7. The topological polar surface area (TPSA) is 32.3 Å². The Hall–Kier alpha value is -1.78. The fraction of sp³-hybridized carbons (Fsp3) is 0.435. The van der Waals surface area contributed by atoms with Crippen molar-refractivity contribution in [2.45, 2.75) is 42.4 Å². The van der Waals surface area contributed by atoms with E-state index in [1.165, 1.54) is 29.8 Å². The normalized spacial score (nSPS) is 17.9. The van der Waals surface area contributed by atoms with Gasteiger partial charge in [-0.15, -0.1) is 11.8 Å². The Morgan fingerprint density at radius 3 is 2.33 bits per heavy atom. The van der Waals surface area contributed by atoms with Gasteiger partial charge >= 0.3 is 0 Å². The molecular weight excluding hydrogens is 352 g/mol. The number of amides is 1. The van der Waals surface area contributed by atoms with Crippen molar-refractivity contribution in [3.63, 3.8) is 0 Å². The van der Waals surface area contributed by atoms with Crippen LogP contribution in [0.4, 0.5) is 0 Å². The summed E-state index contributed by atoms with van der Waals surface area (Å²) in [5, 5.41) is 3.68. The average Bonchev–Trinajstić information content (AvgIpc) is 3.56. The van der Waals surface area contributed by atoms with Crippen molar-refractivity contribution in [2.24, 2.45) is 5.92 Å². The maximum absolute atomic E-state index is 12.8. The van der Waals surface area contributed by atoms with Gasteiger partial charge in [-0.25, -0.2) is 0 Å². The van der Waals surface area contributed by atoms with Crippen LogP contribution in [0.15, 0.2) is 59.5 Å². The first-order valence-electron chi connectivity index (χ1n) is 10.1. The third-order valence-electron chi connectivity index (χ3n) is 5.52. The molecule has 1 saturated heterocycles. The van der Waals surface area contributed by atoms with Crippen molar-refractivity contribution in [1.29, 1.82) is 0 Å². The van der Waals surface area contributed by atoms with Crippen molar-refractivity contribution in [2.75, 3.05) is 19.6 Å².